The molecule has 3 heterocycles. The van der Waals surface area contributed by atoms with Gasteiger partial charge in [-0.3, -0.25) is 4.90 Å². The highest BCUT2D eigenvalue weighted by Crippen LogP contribution is 2.36. The van der Waals surface area contributed by atoms with E-state index in [-0.39, 0.29) is 5.79 Å². The van der Waals surface area contributed by atoms with Gasteiger partial charge in [0.25, 0.3) is 0 Å². The Bertz CT molecular complexity index is 543. The number of halogens is 1. The smallest absolute Gasteiger partial charge is 0.181 e. The van der Waals surface area contributed by atoms with Crippen molar-refractivity contribution >= 4 is 15.9 Å². The first-order chi connectivity index (χ1) is 10.2. The maximum atomic E-state index is 5.86. The third-order valence-corrected chi connectivity index (χ3v) is 4.99. The van der Waals surface area contributed by atoms with Crippen molar-refractivity contribution in [1.29, 1.82) is 0 Å². The zero-order valence-corrected chi connectivity index (χ0v) is 13.7. The average Bonchev–Trinajstić information content (AvgIpc) is 3.08. The molecule has 0 radical (unpaired) electrons. The van der Waals surface area contributed by atoms with E-state index in [4.69, 9.17) is 14.2 Å². The van der Waals surface area contributed by atoms with Crippen molar-refractivity contribution < 1.29 is 14.2 Å². The normalized spacial score (nSPS) is 24.2. The number of benzene rings is 1. The van der Waals surface area contributed by atoms with Crippen molar-refractivity contribution in [1.82, 2.24) is 4.90 Å². The maximum Gasteiger partial charge on any atom is 0.181 e. The molecule has 0 bridgehead atoms. The van der Waals surface area contributed by atoms with Crippen LogP contribution in [-0.4, -0.2) is 43.6 Å². The van der Waals surface area contributed by atoms with Crippen molar-refractivity contribution in [3.8, 4) is 5.75 Å². The minimum atomic E-state index is -0.353. The predicted octanol–water partition coefficient (Wildman–Crippen LogP) is 2.72. The summed E-state index contributed by atoms with van der Waals surface area (Å²) in [5.74, 6) is 0.736. The number of piperidine rings is 1. The van der Waals surface area contributed by atoms with Gasteiger partial charge in [-0.25, -0.2) is 0 Å². The van der Waals surface area contributed by atoms with E-state index in [1.807, 2.05) is 0 Å². The van der Waals surface area contributed by atoms with Gasteiger partial charge in [0.1, 0.15) is 5.75 Å². The summed E-state index contributed by atoms with van der Waals surface area (Å²) in [6.45, 7) is 5.10. The van der Waals surface area contributed by atoms with Gasteiger partial charge in [0, 0.05) is 29.4 Å². The molecule has 21 heavy (non-hydrogen) atoms. The van der Waals surface area contributed by atoms with E-state index in [2.05, 4.69) is 33.0 Å². The Kier molecular flexibility index (Phi) is 3.69. The second kappa shape index (κ2) is 5.54. The van der Waals surface area contributed by atoms with Crippen molar-refractivity contribution in [3.05, 3.63) is 27.7 Å². The lowest BCUT2D eigenvalue weighted by atomic mass is 10.0. The van der Waals surface area contributed by atoms with Crippen LogP contribution in [0.2, 0.25) is 0 Å². The first-order valence-electron chi connectivity index (χ1n) is 7.68. The number of hydrogen-bond acceptors (Lipinski definition) is 4. The van der Waals surface area contributed by atoms with Crippen LogP contribution in [0.15, 0.2) is 16.6 Å². The molecule has 0 aromatic heterocycles. The lowest BCUT2D eigenvalue weighted by Crippen LogP contribution is -2.48. The molecule has 114 valence electrons. The van der Waals surface area contributed by atoms with Gasteiger partial charge >= 0.3 is 0 Å². The average molecular weight is 354 g/mol. The zero-order valence-electron chi connectivity index (χ0n) is 12.1. The lowest BCUT2D eigenvalue weighted by molar-refractivity contribution is -0.190. The van der Waals surface area contributed by atoms with Gasteiger partial charge < -0.3 is 14.2 Å². The van der Waals surface area contributed by atoms with Crippen LogP contribution >= 0.6 is 15.9 Å². The molecule has 0 N–H and O–H groups in total. The van der Waals surface area contributed by atoms with Crippen molar-refractivity contribution in [2.24, 2.45) is 0 Å². The van der Waals surface area contributed by atoms with E-state index in [1.165, 1.54) is 11.1 Å². The van der Waals surface area contributed by atoms with Crippen LogP contribution in [0.5, 0.6) is 5.75 Å². The molecule has 2 fully saturated rings. The molecule has 3 aliphatic heterocycles. The number of likely N-dealkylation sites (tertiary alicyclic amines) is 1. The molecule has 2 saturated heterocycles. The largest absolute Gasteiger partial charge is 0.493 e. The van der Waals surface area contributed by atoms with Crippen molar-refractivity contribution in [2.45, 2.75) is 31.6 Å². The number of fused-ring (bicyclic) bond motifs is 1. The second-order valence-electron chi connectivity index (χ2n) is 6.07. The van der Waals surface area contributed by atoms with Crippen LogP contribution in [0.1, 0.15) is 24.0 Å². The fraction of sp³-hybridized carbons (Fsp3) is 0.625. The van der Waals surface area contributed by atoms with E-state index in [0.29, 0.717) is 0 Å². The Balaban J connectivity index is 1.53. The highest BCUT2D eigenvalue weighted by molar-refractivity contribution is 9.10. The Morgan fingerprint density at radius 3 is 2.90 bits per heavy atom. The molecule has 1 aromatic carbocycles. The van der Waals surface area contributed by atoms with Crippen molar-refractivity contribution in [3.63, 3.8) is 0 Å². The molecular weight excluding hydrogens is 334 g/mol. The molecule has 0 unspecified atom stereocenters. The Hall–Kier alpha value is -0.620. The number of rotatable bonds is 2. The maximum absolute atomic E-state index is 5.86. The molecule has 0 saturated carbocycles. The molecule has 3 aliphatic rings. The number of nitrogens with zero attached hydrogens (tertiary/aromatic N) is 1. The minimum Gasteiger partial charge on any atom is -0.493 e. The molecule has 0 aliphatic carbocycles. The summed E-state index contributed by atoms with van der Waals surface area (Å²) in [7, 11) is 0. The van der Waals surface area contributed by atoms with Gasteiger partial charge in [-0.1, -0.05) is 15.9 Å². The summed E-state index contributed by atoms with van der Waals surface area (Å²) >= 11 is 3.62. The highest BCUT2D eigenvalue weighted by atomic mass is 79.9. The van der Waals surface area contributed by atoms with Crippen LogP contribution in [0.4, 0.5) is 0 Å². The highest BCUT2D eigenvalue weighted by Gasteiger charge is 2.40. The summed E-state index contributed by atoms with van der Waals surface area (Å²) < 4.78 is 18.7. The quantitative estimate of drug-likeness (QED) is 0.817. The third kappa shape index (κ3) is 2.72. The van der Waals surface area contributed by atoms with Crippen LogP contribution in [0.25, 0.3) is 0 Å². The number of hydrogen-bond donors (Lipinski definition) is 0. The first-order valence-corrected chi connectivity index (χ1v) is 8.48. The summed E-state index contributed by atoms with van der Waals surface area (Å²) in [4.78, 5) is 2.43. The monoisotopic (exact) mass is 353 g/mol. The Morgan fingerprint density at radius 1 is 1.19 bits per heavy atom. The summed E-state index contributed by atoms with van der Waals surface area (Å²) in [6.07, 6.45) is 3.14. The first kappa shape index (κ1) is 14.0. The predicted molar refractivity (Wildman–Crippen MR) is 82.5 cm³/mol. The Morgan fingerprint density at radius 2 is 2.05 bits per heavy atom. The van der Waals surface area contributed by atoms with Crippen molar-refractivity contribution in [2.75, 3.05) is 32.9 Å². The van der Waals surface area contributed by atoms with Crippen LogP contribution in [0, 0.1) is 0 Å². The number of ether oxygens (including phenoxy) is 3. The van der Waals surface area contributed by atoms with Crippen LogP contribution in [0.3, 0.4) is 0 Å². The van der Waals surface area contributed by atoms with Gasteiger partial charge in [0.15, 0.2) is 5.79 Å². The van der Waals surface area contributed by atoms with E-state index in [9.17, 15) is 0 Å². The molecule has 1 aromatic rings. The molecule has 0 atom stereocenters. The molecule has 4 rings (SSSR count). The molecule has 5 heteroatoms. The minimum absolute atomic E-state index is 0.353. The summed E-state index contributed by atoms with van der Waals surface area (Å²) in [5.41, 5.74) is 2.59. The SMILES string of the molecule is Brc1cc2c(c(CN3CCCC4(C3)OCCO4)c1)OCC2. The summed E-state index contributed by atoms with van der Waals surface area (Å²) in [6, 6.07) is 4.36. The topological polar surface area (TPSA) is 30.9 Å². The Labute approximate surface area is 133 Å². The van der Waals surface area contributed by atoms with E-state index < -0.39 is 0 Å². The van der Waals surface area contributed by atoms with E-state index in [1.54, 1.807) is 0 Å². The van der Waals surface area contributed by atoms with Gasteiger partial charge in [-0.15, -0.1) is 0 Å². The van der Waals surface area contributed by atoms with Crippen LogP contribution < -0.4 is 4.74 Å². The van der Waals surface area contributed by atoms with Gasteiger partial charge in [-0.2, -0.15) is 0 Å². The molecule has 1 spiro atoms. The zero-order chi connectivity index (χ0) is 14.3. The standard InChI is InChI=1S/C16H20BrNO3/c17-14-8-12-2-5-19-15(12)13(9-14)10-18-4-1-3-16(11-18)20-6-7-21-16/h8-9H,1-7,10-11H2. The molecule has 0 amide bonds. The second-order valence-corrected chi connectivity index (χ2v) is 6.99. The van der Waals surface area contributed by atoms with E-state index in [0.717, 1.165) is 68.9 Å². The molecule has 4 nitrogen and oxygen atoms in total. The lowest BCUT2D eigenvalue weighted by Gasteiger charge is -2.38. The van der Waals surface area contributed by atoms with Gasteiger partial charge in [0.05, 0.1) is 26.4 Å². The van der Waals surface area contributed by atoms with Gasteiger partial charge in [-0.05, 0) is 30.7 Å². The fourth-order valence-electron chi connectivity index (χ4n) is 3.64. The fourth-order valence-corrected chi connectivity index (χ4v) is 4.20. The summed E-state index contributed by atoms with van der Waals surface area (Å²) in [5, 5.41) is 0. The van der Waals surface area contributed by atoms with Crippen LogP contribution in [-0.2, 0) is 22.4 Å². The van der Waals surface area contributed by atoms with E-state index >= 15 is 0 Å². The third-order valence-electron chi connectivity index (χ3n) is 4.53. The van der Waals surface area contributed by atoms with Gasteiger partial charge in [0.2, 0.25) is 0 Å². The molecular formula is C16H20BrNO3.